The van der Waals surface area contributed by atoms with Crippen LogP contribution in [0.25, 0.3) is 9.41 Å². The molecule has 1 atom stereocenters. The van der Waals surface area contributed by atoms with Crippen LogP contribution < -0.4 is 8.64 Å². The van der Waals surface area contributed by atoms with Gasteiger partial charge in [-0.2, -0.15) is 0 Å². The Morgan fingerprint density at radius 1 is 1.08 bits per heavy atom. The Kier molecular flexibility index (Phi) is 3.88. The number of rotatable bonds is 3. The van der Waals surface area contributed by atoms with Crippen molar-refractivity contribution in [3.05, 3.63) is 73.5 Å². The fraction of sp³-hybridized carbons (Fsp3) is 0.100. The Bertz CT molecular complexity index is 1030. The molecule has 1 unspecified atom stereocenters. The van der Waals surface area contributed by atoms with E-state index in [1.165, 1.54) is 12.2 Å². The number of carbonyl (C=O) groups excluding carboxylic acids is 2. The van der Waals surface area contributed by atoms with Gasteiger partial charge in [-0.05, 0) is 0 Å². The Hall–Kier alpha value is -1.76. The monoisotopic (exact) mass is 463 g/mol. The van der Waals surface area contributed by atoms with E-state index in [1.807, 2.05) is 36.4 Å². The van der Waals surface area contributed by atoms with Gasteiger partial charge in [-0.15, -0.1) is 0 Å². The second-order valence-corrected chi connectivity index (χ2v) is 15.7. The Morgan fingerprint density at radius 2 is 1.88 bits per heavy atom. The zero-order valence-electron chi connectivity index (χ0n) is 13.7. The van der Waals surface area contributed by atoms with Crippen LogP contribution in [0.5, 0.6) is 0 Å². The summed E-state index contributed by atoms with van der Waals surface area (Å²) in [4.78, 5) is 24.5. The van der Waals surface area contributed by atoms with Gasteiger partial charge in [0.15, 0.2) is 0 Å². The summed E-state index contributed by atoms with van der Waals surface area (Å²) in [6.07, 6.45) is 2.27. The SMILES string of the molecule is O=C1NC(=O)/C(=[C]2\c3ccc[c]4c3C=[C](CC(O)c3ccccc3)[In]24)S1. The van der Waals surface area contributed by atoms with Gasteiger partial charge in [-0.25, -0.2) is 0 Å². The second-order valence-electron chi connectivity index (χ2n) is 6.68. The third kappa shape index (κ3) is 2.43. The van der Waals surface area contributed by atoms with Gasteiger partial charge < -0.3 is 0 Å². The van der Waals surface area contributed by atoms with E-state index in [0.717, 1.165) is 26.2 Å². The molecule has 2 aromatic rings. The Balaban J connectivity index is 1.55. The van der Waals surface area contributed by atoms with Crippen molar-refractivity contribution in [3.8, 4) is 0 Å². The first-order valence-corrected chi connectivity index (χ1v) is 14.2. The molecule has 1 saturated heterocycles. The predicted molar refractivity (Wildman–Crippen MR) is 104 cm³/mol. The number of benzene rings is 2. The zero-order valence-corrected chi connectivity index (χ0v) is 17.8. The molecule has 0 spiro atoms. The molecule has 26 heavy (non-hydrogen) atoms. The van der Waals surface area contributed by atoms with Crippen molar-refractivity contribution in [1.29, 1.82) is 0 Å². The van der Waals surface area contributed by atoms with Crippen molar-refractivity contribution in [3.63, 3.8) is 0 Å². The van der Waals surface area contributed by atoms with E-state index in [-0.39, 0.29) is 11.1 Å². The quantitative estimate of drug-likeness (QED) is 0.688. The van der Waals surface area contributed by atoms with E-state index in [4.69, 9.17) is 0 Å². The third-order valence-corrected chi connectivity index (χ3v) is 16.5. The molecule has 3 aliphatic heterocycles. The summed E-state index contributed by atoms with van der Waals surface area (Å²) in [7, 11) is 0. The molecule has 3 heterocycles. The molecule has 4 nitrogen and oxygen atoms in total. The van der Waals surface area contributed by atoms with Gasteiger partial charge in [-0.1, -0.05) is 0 Å². The number of hydrogen-bond donors (Lipinski definition) is 2. The number of nitrogens with one attached hydrogen (secondary N) is 1. The molecule has 126 valence electrons. The van der Waals surface area contributed by atoms with E-state index >= 15 is 0 Å². The van der Waals surface area contributed by atoms with Crippen LogP contribution in [-0.4, -0.2) is 37.7 Å². The number of imide groups is 1. The molecule has 4 bridgehead atoms. The first kappa shape index (κ1) is 16.4. The molecule has 2 N–H and O–H groups in total. The van der Waals surface area contributed by atoms with Crippen molar-refractivity contribution >= 4 is 57.1 Å². The summed E-state index contributed by atoms with van der Waals surface area (Å²) in [5.41, 5.74) is 3.24. The summed E-state index contributed by atoms with van der Waals surface area (Å²) in [6.45, 7) is 0. The second kappa shape index (κ2) is 6.15. The van der Waals surface area contributed by atoms with Gasteiger partial charge in [0.05, 0.1) is 0 Å². The van der Waals surface area contributed by atoms with Crippen LogP contribution in [-0.2, 0) is 4.79 Å². The standard InChI is InChI=1S/C20H14NO3S.In/c22-17(15-8-2-1-3-9-15)12-6-11-14-7-4-5-10-16(14)13-18-19(23)21-20(24)25-18;/h1-5,8-11,17,22H,12H2,(H,21,23,24);. The van der Waals surface area contributed by atoms with Crippen molar-refractivity contribution < 1.29 is 14.7 Å². The first-order valence-electron chi connectivity index (χ1n) is 8.47. The summed E-state index contributed by atoms with van der Waals surface area (Å²) in [6, 6.07) is 15.9. The van der Waals surface area contributed by atoms with Crippen LogP contribution in [0.4, 0.5) is 4.79 Å². The topological polar surface area (TPSA) is 66.4 Å². The average molecular weight is 463 g/mol. The van der Waals surface area contributed by atoms with Crippen molar-refractivity contribution in [2.45, 2.75) is 12.5 Å². The van der Waals surface area contributed by atoms with Gasteiger partial charge in [-0.3, -0.25) is 0 Å². The number of amides is 2. The molecule has 0 aromatic heterocycles. The predicted octanol–water partition coefficient (Wildman–Crippen LogP) is 2.70. The van der Waals surface area contributed by atoms with Crippen molar-refractivity contribution in [1.82, 2.24) is 5.32 Å². The first-order chi connectivity index (χ1) is 12.6. The van der Waals surface area contributed by atoms with Crippen molar-refractivity contribution in [2.24, 2.45) is 0 Å². The average Bonchev–Trinajstić information content (AvgIpc) is 3.21. The summed E-state index contributed by atoms with van der Waals surface area (Å²) in [5, 5.41) is 12.8. The van der Waals surface area contributed by atoms with Crippen molar-refractivity contribution in [2.75, 3.05) is 0 Å². The van der Waals surface area contributed by atoms with Crippen LogP contribution in [0, 0.1) is 0 Å². The molecular weight excluding hydrogens is 449 g/mol. The number of hydrogen-bond acceptors (Lipinski definition) is 4. The fourth-order valence-electron chi connectivity index (χ4n) is 4.13. The molecule has 1 fully saturated rings. The third-order valence-electron chi connectivity index (χ3n) is 5.20. The molecule has 6 heteroatoms. The van der Waals surface area contributed by atoms with Gasteiger partial charge in [0.25, 0.3) is 0 Å². The minimum absolute atomic E-state index is 0.269. The van der Waals surface area contributed by atoms with E-state index in [2.05, 4.69) is 23.5 Å². The van der Waals surface area contributed by atoms with Gasteiger partial charge >= 0.3 is 163 Å². The molecule has 2 aromatic carbocycles. The van der Waals surface area contributed by atoms with Crippen LogP contribution >= 0.6 is 11.8 Å². The summed E-state index contributed by atoms with van der Waals surface area (Å²) >= 11 is -1.60. The van der Waals surface area contributed by atoms with E-state index in [1.54, 1.807) is 0 Å². The molecule has 0 saturated carbocycles. The normalized spacial score (nSPS) is 21.3. The fourth-order valence-corrected chi connectivity index (χ4v) is 16.6. The number of aliphatic hydroxyl groups is 1. The number of carbonyl (C=O) groups is 2. The van der Waals surface area contributed by atoms with Crippen LogP contribution in [0.3, 0.4) is 0 Å². The number of thioether (sulfide) groups is 1. The van der Waals surface area contributed by atoms with Gasteiger partial charge in [0.1, 0.15) is 0 Å². The molecule has 5 rings (SSSR count). The minimum atomic E-state index is -2.63. The maximum absolute atomic E-state index is 12.3. The molecular formula is C20H14InNO3S. The van der Waals surface area contributed by atoms with Crippen LogP contribution in [0.2, 0.25) is 0 Å². The van der Waals surface area contributed by atoms with Gasteiger partial charge in [0.2, 0.25) is 0 Å². The maximum atomic E-state index is 12.3. The van der Waals surface area contributed by atoms with Crippen LogP contribution in [0.1, 0.15) is 29.2 Å². The van der Waals surface area contributed by atoms with E-state index in [9.17, 15) is 14.7 Å². The summed E-state index contributed by atoms with van der Waals surface area (Å²) in [5.74, 6) is -0.269. The summed E-state index contributed by atoms with van der Waals surface area (Å²) < 4.78 is 3.79. The van der Waals surface area contributed by atoms with Gasteiger partial charge in [0, 0.05) is 0 Å². The Labute approximate surface area is 162 Å². The zero-order chi connectivity index (χ0) is 17.8. The molecule has 0 radical (unpaired) electrons. The molecule has 2 amide bonds. The molecule has 0 aliphatic carbocycles. The Morgan fingerprint density at radius 3 is 2.58 bits per heavy atom. The van der Waals surface area contributed by atoms with E-state index < -0.39 is 27.5 Å². The van der Waals surface area contributed by atoms with Crippen LogP contribution in [0.15, 0.2) is 56.8 Å². The molecule has 3 aliphatic rings. The van der Waals surface area contributed by atoms with E-state index in [0.29, 0.717) is 11.3 Å². The number of aliphatic hydroxyl groups excluding tert-OH is 1.